The van der Waals surface area contributed by atoms with E-state index in [1.807, 2.05) is 0 Å². The maximum absolute atomic E-state index is 12.2. The molecule has 0 aliphatic carbocycles. The van der Waals surface area contributed by atoms with Gasteiger partial charge in [-0.25, -0.2) is 18.4 Å². The molecule has 0 radical (unpaired) electrons. The Bertz CT molecular complexity index is 1130. The van der Waals surface area contributed by atoms with Crippen molar-refractivity contribution in [3.8, 4) is 0 Å². The van der Waals surface area contributed by atoms with Crippen molar-refractivity contribution in [2.24, 2.45) is 0 Å². The maximum atomic E-state index is 12.2. The number of sulfonamides is 1. The molecule has 0 spiro atoms. The van der Waals surface area contributed by atoms with Crippen LogP contribution in [-0.4, -0.2) is 41.4 Å². The summed E-state index contributed by atoms with van der Waals surface area (Å²) in [5.74, 6) is -0.780. The smallest absolute Gasteiger partial charge is 0.277 e. The molecule has 3 rings (SSSR count). The second-order valence-electron chi connectivity index (χ2n) is 5.87. The topological polar surface area (TPSA) is 143 Å². The van der Waals surface area contributed by atoms with Gasteiger partial charge in [0.2, 0.25) is 15.9 Å². The number of nitrogens with one attached hydrogen (secondary N) is 3. The van der Waals surface area contributed by atoms with E-state index in [0.717, 1.165) is 6.26 Å². The number of aromatic nitrogens is 3. The highest BCUT2D eigenvalue weighted by Crippen LogP contribution is 2.19. The average molecular weight is 432 g/mol. The molecule has 10 nitrogen and oxygen atoms in total. The maximum Gasteiger partial charge on any atom is 0.277 e. The lowest BCUT2D eigenvalue weighted by Gasteiger charge is -2.08. The van der Waals surface area contributed by atoms with Gasteiger partial charge in [0.15, 0.2) is 5.13 Å². The van der Waals surface area contributed by atoms with Gasteiger partial charge in [-0.15, -0.1) is 11.3 Å². The minimum Gasteiger partial charge on any atom is -0.326 e. The number of hydrogen-bond donors (Lipinski definition) is 3. The van der Waals surface area contributed by atoms with E-state index in [0.29, 0.717) is 22.2 Å². The summed E-state index contributed by atoms with van der Waals surface area (Å²) in [7, 11) is -3.41. The zero-order valence-corrected chi connectivity index (χ0v) is 16.8. The van der Waals surface area contributed by atoms with E-state index in [-0.39, 0.29) is 18.0 Å². The molecule has 150 valence electrons. The Kier molecular flexibility index (Phi) is 6.14. The molecular formula is C17H16N6O4S2. The first-order chi connectivity index (χ1) is 13.8. The van der Waals surface area contributed by atoms with Crippen molar-refractivity contribution >= 4 is 49.7 Å². The van der Waals surface area contributed by atoms with Crippen molar-refractivity contribution in [2.45, 2.75) is 6.42 Å². The third kappa shape index (κ3) is 6.33. The van der Waals surface area contributed by atoms with E-state index in [2.05, 4.69) is 30.3 Å². The summed E-state index contributed by atoms with van der Waals surface area (Å²) in [5, 5.41) is 7.27. The number of carbonyl (C=O) groups is 2. The van der Waals surface area contributed by atoms with Crippen LogP contribution < -0.4 is 15.4 Å². The van der Waals surface area contributed by atoms with E-state index < -0.39 is 15.9 Å². The fourth-order valence-corrected chi connectivity index (χ4v) is 3.53. The molecule has 2 heterocycles. The molecule has 29 heavy (non-hydrogen) atoms. The lowest BCUT2D eigenvalue weighted by atomic mass is 10.2. The molecule has 0 aliphatic rings. The van der Waals surface area contributed by atoms with Crippen LogP contribution in [0.4, 0.5) is 16.5 Å². The lowest BCUT2D eigenvalue weighted by molar-refractivity contribution is -0.115. The summed E-state index contributed by atoms with van der Waals surface area (Å²) < 4.78 is 24.9. The molecule has 2 aromatic heterocycles. The molecule has 1 aromatic carbocycles. The van der Waals surface area contributed by atoms with Crippen LogP contribution in [0.15, 0.2) is 48.2 Å². The van der Waals surface area contributed by atoms with Gasteiger partial charge in [0.1, 0.15) is 5.69 Å². The normalized spacial score (nSPS) is 10.9. The van der Waals surface area contributed by atoms with E-state index in [1.54, 1.807) is 23.6 Å². The van der Waals surface area contributed by atoms with Crippen molar-refractivity contribution in [2.75, 3.05) is 21.6 Å². The molecular weight excluding hydrogens is 416 g/mol. The number of benzene rings is 1. The van der Waals surface area contributed by atoms with Crippen molar-refractivity contribution in [3.63, 3.8) is 0 Å². The summed E-state index contributed by atoms with van der Waals surface area (Å²) in [6, 6.07) is 6.33. The second-order valence-corrected chi connectivity index (χ2v) is 8.48. The number of rotatable bonds is 7. The largest absolute Gasteiger partial charge is 0.326 e. The van der Waals surface area contributed by atoms with Gasteiger partial charge < -0.3 is 5.32 Å². The van der Waals surface area contributed by atoms with Gasteiger partial charge in [0, 0.05) is 23.5 Å². The summed E-state index contributed by atoms with van der Waals surface area (Å²) >= 11 is 1.18. The first-order valence-electron chi connectivity index (χ1n) is 8.18. The van der Waals surface area contributed by atoms with Crippen LogP contribution in [0, 0.1) is 0 Å². The van der Waals surface area contributed by atoms with Crippen molar-refractivity contribution in [1.82, 2.24) is 15.0 Å². The highest BCUT2D eigenvalue weighted by molar-refractivity contribution is 7.92. The van der Waals surface area contributed by atoms with Crippen LogP contribution in [0.2, 0.25) is 0 Å². The second kappa shape index (κ2) is 8.75. The molecule has 12 heteroatoms. The van der Waals surface area contributed by atoms with Crippen molar-refractivity contribution in [1.29, 1.82) is 0 Å². The number of hydrogen-bond acceptors (Lipinski definition) is 8. The number of amides is 2. The predicted octanol–water partition coefficient (Wildman–Crippen LogP) is 1.74. The highest BCUT2D eigenvalue weighted by Gasteiger charge is 2.12. The van der Waals surface area contributed by atoms with Crippen LogP contribution in [0.3, 0.4) is 0 Å². The molecule has 0 fully saturated rings. The van der Waals surface area contributed by atoms with Gasteiger partial charge >= 0.3 is 0 Å². The van der Waals surface area contributed by atoms with Crippen molar-refractivity contribution in [3.05, 3.63) is 59.6 Å². The van der Waals surface area contributed by atoms with E-state index in [9.17, 15) is 18.0 Å². The van der Waals surface area contributed by atoms with Gasteiger partial charge in [-0.05, 0) is 18.2 Å². The highest BCUT2D eigenvalue weighted by atomic mass is 32.2. The molecule has 0 saturated heterocycles. The molecule has 0 saturated carbocycles. The van der Waals surface area contributed by atoms with Gasteiger partial charge in [-0.2, -0.15) is 0 Å². The Balaban J connectivity index is 1.58. The third-order valence-corrected chi connectivity index (χ3v) is 4.77. The SMILES string of the molecule is CS(=O)(=O)Nc1cccc(NC(=O)Cc2csc(NC(=O)c3cnccn3)n2)c1. The van der Waals surface area contributed by atoms with E-state index >= 15 is 0 Å². The minimum absolute atomic E-state index is 0.0127. The van der Waals surface area contributed by atoms with Crippen LogP contribution in [-0.2, 0) is 21.2 Å². The summed E-state index contributed by atoms with van der Waals surface area (Å²) in [6.07, 6.45) is 5.24. The molecule has 3 aromatic rings. The van der Waals surface area contributed by atoms with Gasteiger partial charge in [-0.3, -0.25) is 24.6 Å². The Morgan fingerprint density at radius 2 is 1.93 bits per heavy atom. The molecule has 3 N–H and O–H groups in total. The van der Waals surface area contributed by atoms with Gasteiger partial charge in [-0.1, -0.05) is 6.07 Å². The monoisotopic (exact) mass is 432 g/mol. The van der Waals surface area contributed by atoms with Crippen LogP contribution in [0.5, 0.6) is 0 Å². The van der Waals surface area contributed by atoms with Gasteiger partial charge in [0.05, 0.1) is 30.3 Å². The Hall–Kier alpha value is -3.38. The van der Waals surface area contributed by atoms with E-state index in [4.69, 9.17) is 0 Å². The Labute approximate surface area is 170 Å². The summed E-state index contributed by atoms with van der Waals surface area (Å²) in [4.78, 5) is 36.2. The standard InChI is InChI=1S/C17H16N6O4S2/c1-29(26,27)23-12-4-2-3-11(7-12)20-15(24)8-13-10-28-17(21-13)22-16(25)14-9-18-5-6-19-14/h2-7,9-10,23H,8H2,1H3,(H,20,24)(H,21,22,25). The zero-order valence-electron chi connectivity index (χ0n) is 15.1. The van der Waals surface area contributed by atoms with Crippen LogP contribution >= 0.6 is 11.3 Å². The summed E-state index contributed by atoms with van der Waals surface area (Å²) in [6.45, 7) is 0. The molecule has 2 amide bonds. The Morgan fingerprint density at radius 3 is 2.66 bits per heavy atom. The predicted molar refractivity (Wildman–Crippen MR) is 109 cm³/mol. The number of nitrogens with zero attached hydrogens (tertiary/aromatic N) is 3. The lowest BCUT2D eigenvalue weighted by Crippen LogP contribution is -2.16. The fraction of sp³-hybridized carbons (Fsp3) is 0.118. The van der Waals surface area contributed by atoms with E-state index in [1.165, 1.54) is 36.0 Å². The quantitative estimate of drug-likeness (QED) is 0.516. The van der Waals surface area contributed by atoms with Gasteiger partial charge in [0.25, 0.3) is 5.91 Å². The van der Waals surface area contributed by atoms with Crippen LogP contribution in [0.1, 0.15) is 16.2 Å². The first kappa shape index (κ1) is 20.4. The number of carbonyl (C=O) groups excluding carboxylic acids is 2. The Morgan fingerprint density at radius 1 is 1.14 bits per heavy atom. The molecule has 0 bridgehead atoms. The average Bonchev–Trinajstić information content (AvgIpc) is 3.07. The summed E-state index contributed by atoms with van der Waals surface area (Å²) in [5.41, 5.74) is 1.42. The zero-order chi connectivity index (χ0) is 20.9. The molecule has 0 aliphatic heterocycles. The molecule has 0 atom stereocenters. The third-order valence-electron chi connectivity index (χ3n) is 3.36. The molecule has 0 unspecified atom stereocenters. The number of anilines is 3. The fourth-order valence-electron chi connectivity index (χ4n) is 2.27. The number of thiazole rings is 1. The van der Waals surface area contributed by atoms with Crippen molar-refractivity contribution < 1.29 is 18.0 Å². The van der Waals surface area contributed by atoms with Crippen LogP contribution in [0.25, 0.3) is 0 Å². The minimum atomic E-state index is -3.41. The first-order valence-corrected chi connectivity index (χ1v) is 10.9.